The Balaban J connectivity index is 1.51. The van der Waals surface area contributed by atoms with Crippen LogP contribution < -0.4 is 5.32 Å². The van der Waals surface area contributed by atoms with Gasteiger partial charge < -0.3 is 10.1 Å². The van der Waals surface area contributed by atoms with Gasteiger partial charge in [0.25, 0.3) is 5.91 Å². The second kappa shape index (κ2) is 6.92. The van der Waals surface area contributed by atoms with Gasteiger partial charge in [-0.25, -0.2) is 15.0 Å². The summed E-state index contributed by atoms with van der Waals surface area (Å²) in [6.45, 7) is 0. The van der Waals surface area contributed by atoms with E-state index in [2.05, 4.69) is 20.3 Å². The molecule has 25 heavy (non-hydrogen) atoms. The standard InChI is InChI=1S/C18H23N5O2/c1-25-14-6-4-13(5-7-14)20-18(24)17-21-15(12-2-3-12)10-16(22-17)23-9-8-19-11-23/h8-14H,2-7H2,1H3,(H,20,24). The van der Waals surface area contributed by atoms with Crippen molar-refractivity contribution in [2.75, 3.05) is 7.11 Å². The van der Waals surface area contributed by atoms with Crippen LogP contribution in [-0.4, -0.2) is 44.7 Å². The molecule has 7 heteroatoms. The average molecular weight is 341 g/mol. The molecule has 1 amide bonds. The number of nitrogens with zero attached hydrogens (tertiary/aromatic N) is 4. The Morgan fingerprint density at radius 1 is 1.20 bits per heavy atom. The van der Waals surface area contributed by atoms with Crippen molar-refractivity contribution in [3.63, 3.8) is 0 Å². The first-order chi connectivity index (χ1) is 12.2. The fourth-order valence-electron chi connectivity index (χ4n) is 3.36. The highest BCUT2D eigenvalue weighted by Crippen LogP contribution is 2.39. The third-order valence-corrected chi connectivity index (χ3v) is 5.04. The van der Waals surface area contributed by atoms with Crippen molar-refractivity contribution in [1.82, 2.24) is 24.8 Å². The van der Waals surface area contributed by atoms with Crippen LogP contribution in [0.3, 0.4) is 0 Å². The fraction of sp³-hybridized carbons (Fsp3) is 0.556. The first kappa shape index (κ1) is 16.2. The molecule has 2 aliphatic carbocycles. The number of imidazole rings is 1. The zero-order valence-corrected chi connectivity index (χ0v) is 14.4. The highest BCUT2D eigenvalue weighted by molar-refractivity contribution is 5.90. The summed E-state index contributed by atoms with van der Waals surface area (Å²) in [6.07, 6.45) is 11.6. The zero-order valence-electron chi connectivity index (χ0n) is 14.4. The van der Waals surface area contributed by atoms with Crippen molar-refractivity contribution in [2.45, 2.75) is 56.6 Å². The predicted octanol–water partition coefficient (Wildman–Crippen LogP) is 2.23. The van der Waals surface area contributed by atoms with E-state index >= 15 is 0 Å². The molecule has 7 nitrogen and oxygen atoms in total. The molecule has 2 saturated carbocycles. The number of amides is 1. The Labute approximate surface area is 146 Å². The van der Waals surface area contributed by atoms with Gasteiger partial charge in [0.1, 0.15) is 12.1 Å². The molecule has 0 spiro atoms. The predicted molar refractivity (Wildman–Crippen MR) is 91.6 cm³/mol. The first-order valence-corrected chi connectivity index (χ1v) is 8.94. The third-order valence-electron chi connectivity index (χ3n) is 5.04. The molecule has 2 aliphatic rings. The molecule has 0 aliphatic heterocycles. The van der Waals surface area contributed by atoms with Gasteiger partial charge in [-0.1, -0.05) is 0 Å². The van der Waals surface area contributed by atoms with E-state index in [1.165, 1.54) is 0 Å². The molecule has 0 atom stereocenters. The number of ether oxygens (including phenoxy) is 1. The highest BCUT2D eigenvalue weighted by Gasteiger charge is 2.28. The summed E-state index contributed by atoms with van der Waals surface area (Å²) in [5.41, 5.74) is 0.951. The van der Waals surface area contributed by atoms with Crippen LogP contribution in [0.15, 0.2) is 24.8 Å². The lowest BCUT2D eigenvalue weighted by atomic mass is 9.93. The monoisotopic (exact) mass is 341 g/mol. The van der Waals surface area contributed by atoms with Crippen LogP contribution in [-0.2, 0) is 4.74 Å². The molecule has 2 heterocycles. The van der Waals surface area contributed by atoms with Crippen LogP contribution in [0.2, 0.25) is 0 Å². The van der Waals surface area contributed by atoms with Crippen LogP contribution in [0.25, 0.3) is 5.82 Å². The van der Waals surface area contributed by atoms with E-state index in [9.17, 15) is 4.79 Å². The van der Waals surface area contributed by atoms with Gasteiger partial charge in [0.15, 0.2) is 0 Å². The van der Waals surface area contributed by atoms with Gasteiger partial charge in [0.2, 0.25) is 5.82 Å². The van der Waals surface area contributed by atoms with Gasteiger partial charge in [0.05, 0.1) is 6.10 Å². The molecular formula is C18H23N5O2. The van der Waals surface area contributed by atoms with Gasteiger partial charge in [0, 0.05) is 43.2 Å². The molecular weight excluding hydrogens is 318 g/mol. The highest BCUT2D eigenvalue weighted by atomic mass is 16.5. The molecule has 1 N–H and O–H groups in total. The van der Waals surface area contributed by atoms with E-state index in [1.807, 2.05) is 16.8 Å². The summed E-state index contributed by atoms with van der Waals surface area (Å²) >= 11 is 0. The summed E-state index contributed by atoms with van der Waals surface area (Å²) in [6, 6.07) is 2.13. The minimum atomic E-state index is -0.190. The van der Waals surface area contributed by atoms with Gasteiger partial charge in [-0.05, 0) is 38.5 Å². The summed E-state index contributed by atoms with van der Waals surface area (Å²) in [4.78, 5) is 25.7. The van der Waals surface area contributed by atoms with Crippen molar-refractivity contribution in [1.29, 1.82) is 0 Å². The molecule has 0 unspecified atom stereocenters. The molecule has 2 aromatic rings. The second-order valence-corrected chi connectivity index (χ2v) is 6.90. The van der Waals surface area contributed by atoms with Gasteiger partial charge in [-0.3, -0.25) is 9.36 Å². The van der Waals surface area contributed by atoms with Crippen molar-refractivity contribution in [3.05, 3.63) is 36.3 Å². The Hall–Kier alpha value is -2.28. The van der Waals surface area contributed by atoms with E-state index in [4.69, 9.17) is 4.74 Å². The number of rotatable bonds is 5. The second-order valence-electron chi connectivity index (χ2n) is 6.90. The molecule has 0 radical (unpaired) electrons. The van der Waals surface area contributed by atoms with Crippen molar-refractivity contribution < 1.29 is 9.53 Å². The number of carbonyl (C=O) groups is 1. The van der Waals surface area contributed by atoms with Crippen LogP contribution in [0.1, 0.15) is 60.8 Å². The topological polar surface area (TPSA) is 81.9 Å². The lowest BCUT2D eigenvalue weighted by Crippen LogP contribution is -2.39. The van der Waals surface area contributed by atoms with Crippen LogP contribution in [0, 0.1) is 0 Å². The number of hydrogen-bond donors (Lipinski definition) is 1. The number of nitrogens with one attached hydrogen (secondary N) is 1. The van der Waals surface area contributed by atoms with Gasteiger partial charge in [-0.15, -0.1) is 0 Å². The third kappa shape index (κ3) is 3.71. The fourth-order valence-corrected chi connectivity index (χ4v) is 3.36. The van der Waals surface area contributed by atoms with E-state index in [-0.39, 0.29) is 17.8 Å². The van der Waals surface area contributed by atoms with E-state index < -0.39 is 0 Å². The molecule has 0 saturated heterocycles. The average Bonchev–Trinajstić information content (AvgIpc) is 3.36. The van der Waals surface area contributed by atoms with E-state index in [1.54, 1.807) is 19.6 Å². The minimum Gasteiger partial charge on any atom is -0.381 e. The normalized spacial score (nSPS) is 23.4. The summed E-state index contributed by atoms with van der Waals surface area (Å²) in [5.74, 6) is 1.21. The maximum absolute atomic E-state index is 12.7. The van der Waals surface area contributed by atoms with Crippen molar-refractivity contribution >= 4 is 5.91 Å². The van der Waals surface area contributed by atoms with Crippen LogP contribution in [0.4, 0.5) is 0 Å². The summed E-state index contributed by atoms with van der Waals surface area (Å²) in [5, 5.41) is 3.09. The quantitative estimate of drug-likeness (QED) is 0.902. The molecule has 0 aromatic carbocycles. The van der Waals surface area contributed by atoms with Crippen molar-refractivity contribution in [3.8, 4) is 5.82 Å². The zero-order chi connectivity index (χ0) is 17.2. The molecule has 0 bridgehead atoms. The Bertz CT molecular complexity index is 734. The largest absolute Gasteiger partial charge is 0.381 e. The van der Waals surface area contributed by atoms with Gasteiger partial charge >= 0.3 is 0 Å². The van der Waals surface area contributed by atoms with Crippen LogP contribution in [0.5, 0.6) is 0 Å². The smallest absolute Gasteiger partial charge is 0.289 e. The number of aromatic nitrogens is 4. The SMILES string of the molecule is COC1CCC(NC(=O)c2nc(C3CC3)cc(-n3ccnc3)n2)CC1. The Morgan fingerprint density at radius 3 is 2.64 bits per heavy atom. The van der Waals surface area contributed by atoms with E-state index in [0.717, 1.165) is 44.2 Å². The lowest BCUT2D eigenvalue weighted by Gasteiger charge is -2.28. The van der Waals surface area contributed by atoms with Crippen molar-refractivity contribution in [2.24, 2.45) is 0 Å². The molecule has 2 aromatic heterocycles. The van der Waals surface area contributed by atoms with E-state index in [0.29, 0.717) is 17.8 Å². The molecule has 2 fully saturated rings. The maximum atomic E-state index is 12.7. The van der Waals surface area contributed by atoms with Crippen LogP contribution >= 0.6 is 0 Å². The number of methoxy groups -OCH3 is 1. The summed E-state index contributed by atoms with van der Waals surface area (Å²) < 4.78 is 7.20. The molecule has 132 valence electrons. The molecule has 4 rings (SSSR count). The lowest BCUT2D eigenvalue weighted by molar-refractivity contribution is 0.0597. The van der Waals surface area contributed by atoms with Gasteiger partial charge in [-0.2, -0.15) is 0 Å². The Morgan fingerprint density at radius 2 is 2.00 bits per heavy atom. The number of hydrogen-bond acceptors (Lipinski definition) is 5. The maximum Gasteiger partial charge on any atom is 0.289 e. The number of carbonyl (C=O) groups excluding carboxylic acids is 1. The summed E-state index contributed by atoms with van der Waals surface area (Å²) in [7, 11) is 1.75. The minimum absolute atomic E-state index is 0.170. The first-order valence-electron chi connectivity index (χ1n) is 8.94. The Kier molecular flexibility index (Phi) is 4.48.